The van der Waals surface area contributed by atoms with Crippen LogP contribution in [0.25, 0.3) is 5.65 Å². The summed E-state index contributed by atoms with van der Waals surface area (Å²) in [5, 5.41) is 4.72. The van der Waals surface area contributed by atoms with Crippen LogP contribution in [0.5, 0.6) is 0 Å². The Labute approximate surface area is 179 Å². The lowest BCUT2D eigenvalue weighted by Crippen LogP contribution is -2.41. The van der Waals surface area contributed by atoms with Gasteiger partial charge in [-0.1, -0.05) is 19.8 Å². The minimum atomic E-state index is -0.550. The third-order valence-corrected chi connectivity index (χ3v) is 6.91. The van der Waals surface area contributed by atoms with Crippen LogP contribution in [0.3, 0.4) is 0 Å². The fourth-order valence-electron chi connectivity index (χ4n) is 4.22. The summed E-state index contributed by atoms with van der Waals surface area (Å²) < 4.78 is 14.1. The van der Waals surface area contributed by atoms with Gasteiger partial charge in [-0.25, -0.2) is 9.50 Å². The third kappa shape index (κ3) is 3.64. The van der Waals surface area contributed by atoms with Crippen LogP contribution in [0.1, 0.15) is 83.4 Å². The molecule has 2 aliphatic rings. The topological polar surface area (TPSA) is 69.0 Å². The summed E-state index contributed by atoms with van der Waals surface area (Å²) in [4.78, 5) is 20.0. The van der Waals surface area contributed by atoms with E-state index in [9.17, 15) is 4.79 Å². The Morgan fingerprint density at radius 3 is 2.53 bits per heavy atom. The van der Waals surface area contributed by atoms with Crippen molar-refractivity contribution in [1.82, 2.24) is 19.5 Å². The zero-order valence-electron chi connectivity index (χ0n) is 19.1. The maximum absolute atomic E-state index is 13.3. The van der Waals surface area contributed by atoms with E-state index in [1.54, 1.807) is 0 Å². The second-order valence-electron chi connectivity index (χ2n) is 9.61. The number of aromatic nitrogens is 3. The Morgan fingerprint density at radius 2 is 1.87 bits per heavy atom. The first-order valence-electron chi connectivity index (χ1n) is 11.2. The first-order chi connectivity index (χ1) is 14.1. The summed E-state index contributed by atoms with van der Waals surface area (Å²) in [5.74, 6) is 0.0139. The first-order valence-corrected chi connectivity index (χ1v) is 11.2. The minimum absolute atomic E-state index is 0.0139. The predicted molar refractivity (Wildman–Crippen MR) is 117 cm³/mol. The van der Waals surface area contributed by atoms with Crippen LogP contribution in [0.15, 0.2) is 12.1 Å². The molecule has 0 spiro atoms. The monoisotopic (exact) mass is 412 g/mol. The molecule has 30 heavy (non-hydrogen) atoms. The van der Waals surface area contributed by atoms with Gasteiger partial charge in [-0.3, -0.25) is 4.79 Å². The molecule has 0 N–H and O–H groups in total. The van der Waals surface area contributed by atoms with Gasteiger partial charge in [0.05, 0.1) is 16.8 Å². The predicted octanol–water partition coefficient (Wildman–Crippen LogP) is 3.00. The molecule has 162 valence electrons. The Hall–Kier alpha value is -1.93. The zero-order chi connectivity index (χ0) is 21.7. The zero-order valence-corrected chi connectivity index (χ0v) is 19.1. The van der Waals surface area contributed by atoms with Crippen LogP contribution < -0.4 is 5.59 Å². The summed E-state index contributed by atoms with van der Waals surface area (Å²) in [6.07, 6.45) is 5.21. The molecular formula is C22H33BN4O3. The number of hydrogen-bond donors (Lipinski definition) is 0. The number of likely N-dealkylation sites (tertiary alicyclic amines) is 1. The molecule has 4 heterocycles. The lowest BCUT2D eigenvalue weighted by molar-refractivity contribution is 0.00578. The molecule has 8 heteroatoms. The fraction of sp³-hybridized carbons (Fsp3) is 0.682. The smallest absolute Gasteiger partial charge is 0.398 e. The van der Waals surface area contributed by atoms with E-state index in [1.165, 1.54) is 12.8 Å². The van der Waals surface area contributed by atoms with Gasteiger partial charge in [0, 0.05) is 24.3 Å². The van der Waals surface area contributed by atoms with Crippen LogP contribution in [-0.4, -0.2) is 56.3 Å². The molecule has 0 aromatic carbocycles. The largest absolute Gasteiger partial charge is 0.516 e. The third-order valence-electron chi connectivity index (χ3n) is 6.91. The van der Waals surface area contributed by atoms with Gasteiger partial charge in [-0.15, -0.1) is 0 Å². The van der Waals surface area contributed by atoms with Gasteiger partial charge < -0.3 is 14.2 Å². The molecule has 0 saturated carbocycles. The van der Waals surface area contributed by atoms with Crippen molar-refractivity contribution in [3.63, 3.8) is 0 Å². The van der Waals surface area contributed by atoms with Gasteiger partial charge in [0.15, 0.2) is 5.65 Å². The van der Waals surface area contributed by atoms with Gasteiger partial charge in [0.2, 0.25) is 0 Å². The van der Waals surface area contributed by atoms with Gasteiger partial charge in [-0.2, -0.15) is 5.10 Å². The van der Waals surface area contributed by atoms with Crippen molar-refractivity contribution in [2.24, 2.45) is 0 Å². The Morgan fingerprint density at radius 1 is 1.17 bits per heavy atom. The summed E-state index contributed by atoms with van der Waals surface area (Å²) in [5.41, 5.74) is 1.92. The molecule has 7 nitrogen and oxygen atoms in total. The number of nitrogens with zero attached hydrogens (tertiary/aromatic N) is 4. The van der Waals surface area contributed by atoms with Crippen molar-refractivity contribution in [3.05, 3.63) is 23.5 Å². The highest BCUT2D eigenvalue weighted by molar-refractivity contribution is 6.61. The molecule has 0 aliphatic carbocycles. The normalized spacial score (nSPS) is 23.7. The van der Waals surface area contributed by atoms with E-state index in [2.05, 4.69) is 18.8 Å². The molecule has 1 amide bonds. The van der Waals surface area contributed by atoms with Crippen molar-refractivity contribution in [2.75, 3.05) is 6.54 Å². The maximum atomic E-state index is 13.3. The number of hydrogen-bond acceptors (Lipinski definition) is 5. The van der Waals surface area contributed by atoms with Crippen molar-refractivity contribution in [3.8, 4) is 0 Å². The summed E-state index contributed by atoms with van der Waals surface area (Å²) >= 11 is 0. The number of carbonyl (C=O) groups is 1. The van der Waals surface area contributed by atoms with Crippen LogP contribution in [0.4, 0.5) is 0 Å². The van der Waals surface area contributed by atoms with E-state index >= 15 is 0 Å². The van der Waals surface area contributed by atoms with Crippen molar-refractivity contribution >= 4 is 24.3 Å². The van der Waals surface area contributed by atoms with E-state index in [0.29, 0.717) is 16.9 Å². The molecule has 2 saturated heterocycles. The Bertz CT molecular complexity index is 939. The molecule has 2 aromatic heterocycles. The molecule has 2 aliphatic heterocycles. The quantitative estimate of drug-likeness (QED) is 0.725. The highest BCUT2D eigenvalue weighted by Crippen LogP contribution is 2.36. The summed E-state index contributed by atoms with van der Waals surface area (Å²) in [6, 6.07) is 4.01. The molecular weight excluding hydrogens is 379 g/mol. The number of carbonyl (C=O) groups excluding carboxylic acids is 1. The summed E-state index contributed by atoms with van der Waals surface area (Å²) in [7, 11) is -0.550. The lowest BCUT2D eigenvalue weighted by Gasteiger charge is -2.32. The summed E-state index contributed by atoms with van der Waals surface area (Å²) in [6.45, 7) is 13.1. The highest BCUT2D eigenvalue weighted by atomic mass is 16.7. The second kappa shape index (κ2) is 7.64. The van der Waals surface area contributed by atoms with Crippen LogP contribution in [0, 0.1) is 0 Å². The van der Waals surface area contributed by atoms with Crippen molar-refractivity contribution < 1.29 is 14.1 Å². The van der Waals surface area contributed by atoms with E-state index in [1.807, 2.05) is 49.2 Å². The van der Waals surface area contributed by atoms with E-state index < -0.39 is 18.3 Å². The standard InChI is InChI=1S/C22H33BN4O3/c1-7-16-13-17(20(28)26-12-10-8-9-11-15(26)2)24-19-14-18(25-27(16)19)23-29-21(3,4)22(5,6)30-23/h13-15H,7-12H2,1-6H3/t15-/m1/s1. The lowest BCUT2D eigenvalue weighted by atomic mass is 9.85. The van der Waals surface area contributed by atoms with Crippen LogP contribution in [-0.2, 0) is 15.7 Å². The van der Waals surface area contributed by atoms with E-state index in [4.69, 9.17) is 14.4 Å². The number of fused-ring (bicyclic) bond motifs is 1. The van der Waals surface area contributed by atoms with Crippen LogP contribution in [0.2, 0.25) is 0 Å². The van der Waals surface area contributed by atoms with Gasteiger partial charge in [-0.05, 0) is 59.9 Å². The molecule has 2 fully saturated rings. The van der Waals surface area contributed by atoms with Gasteiger partial charge in [0.25, 0.3) is 5.91 Å². The maximum Gasteiger partial charge on any atom is 0.516 e. The minimum Gasteiger partial charge on any atom is -0.398 e. The molecule has 2 aromatic rings. The number of rotatable bonds is 3. The van der Waals surface area contributed by atoms with Gasteiger partial charge >= 0.3 is 7.12 Å². The van der Waals surface area contributed by atoms with Crippen molar-refractivity contribution in [1.29, 1.82) is 0 Å². The Kier molecular flexibility index (Phi) is 5.43. The van der Waals surface area contributed by atoms with E-state index in [-0.39, 0.29) is 11.9 Å². The first kappa shape index (κ1) is 21.3. The molecule has 4 rings (SSSR count). The SMILES string of the molecule is CCc1cc(C(=O)N2CCCCC[C@H]2C)nc2cc(B3OC(C)(C)C(C)(C)O3)nn12. The number of aryl methyl sites for hydroxylation is 1. The Balaban J connectivity index is 1.68. The fourth-order valence-corrected chi connectivity index (χ4v) is 4.22. The molecule has 0 radical (unpaired) electrons. The van der Waals surface area contributed by atoms with E-state index in [0.717, 1.165) is 31.5 Å². The molecule has 0 unspecified atom stereocenters. The average molecular weight is 412 g/mol. The van der Waals surface area contributed by atoms with Crippen molar-refractivity contribution in [2.45, 2.75) is 90.9 Å². The molecule has 1 atom stereocenters. The second-order valence-corrected chi connectivity index (χ2v) is 9.61. The molecule has 0 bridgehead atoms. The number of amides is 1. The van der Waals surface area contributed by atoms with Gasteiger partial charge in [0.1, 0.15) is 5.69 Å². The average Bonchev–Trinajstić information content (AvgIpc) is 3.12. The highest BCUT2D eigenvalue weighted by Gasteiger charge is 2.52. The van der Waals surface area contributed by atoms with Crippen LogP contribution >= 0.6 is 0 Å².